The molecule has 2 aromatic carbocycles. The Morgan fingerprint density at radius 2 is 1.96 bits per heavy atom. The second-order valence-electron chi connectivity index (χ2n) is 6.64. The van der Waals surface area contributed by atoms with Gasteiger partial charge in [0.25, 0.3) is 0 Å². The van der Waals surface area contributed by atoms with Gasteiger partial charge in [-0.3, -0.25) is 0 Å². The van der Waals surface area contributed by atoms with Gasteiger partial charge in [0.15, 0.2) is 9.84 Å². The first-order valence-corrected chi connectivity index (χ1v) is 10.3. The van der Waals surface area contributed by atoms with Crippen molar-refractivity contribution in [2.75, 3.05) is 11.2 Å². The Bertz CT molecular complexity index is 1080. The molecule has 3 aromatic rings. The highest BCUT2D eigenvalue weighted by molar-refractivity contribution is 7.90. The lowest BCUT2D eigenvalue weighted by atomic mass is 10.1. The van der Waals surface area contributed by atoms with Gasteiger partial charge in [-0.1, -0.05) is 12.1 Å². The van der Waals surface area contributed by atoms with Gasteiger partial charge in [-0.15, -0.1) is 0 Å². The Hall–Kier alpha value is -2.54. The summed E-state index contributed by atoms with van der Waals surface area (Å²) in [6.45, 7) is 0.512. The summed E-state index contributed by atoms with van der Waals surface area (Å²) in [5.41, 5.74) is 1.54. The first-order valence-electron chi connectivity index (χ1n) is 8.38. The number of nitrogens with zero attached hydrogens (tertiary/aromatic N) is 3. The van der Waals surface area contributed by atoms with Gasteiger partial charge in [0, 0.05) is 24.2 Å². The number of aromatic nitrogens is 2. The minimum absolute atomic E-state index is 0.238. The summed E-state index contributed by atoms with van der Waals surface area (Å²) < 4.78 is 37.4. The van der Waals surface area contributed by atoms with Crippen LogP contribution in [0, 0.1) is 5.82 Å². The molecule has 0 bridgehead atoms. The fourth-order valence-electron chi connectivity index (χ4n) is 3.08. The Morgan fingerprint density at radius 1 is 1.15 bits per heavy atom. The largest absolute Gasteiger partial charge is 0.349 e. The third kappa shape index (κ3) is 3.39. The van der Waals surface area contributed by atoms with E-state index in [2.05, 4.69) is 14.9 Å². The van der Waals surface area contributed by atoms with Crippen LogP contribution in [0.15, 0.2) is 53.7 Å². The quantitative estimate of drug-likeness (QED) is 0.688. The third-order valence-corrected chi connectivity index (χ3v) is 5.63. The van der Waals surface area contributed by atoms with Crippen molar-refractivity contribution in [1.82, 2.24) is 9.97 Å². The van der Waals surface area contributed by atoms with Gasteiger partial charge in [0.2, 0.25) is 0 Å². The van der Waals surface area contributed by atoms with Gasteiger partial charge in [-0.2, -0.15) is 0 Å². The van der Waals surface area contributed by atoms with E-state index in [9.17, 15) is 12.8 Å². The zero-order valence-corrected chi connectivity index (χ0v) is 15.1. The van der Waals surface area contributed by atoms with Crippen LogP contribution in [0.25, 0.3) is 10.9 Å². The Labute approximate surface area is 151 Å². The van der Waals surface area contributed by atoms with E-state index in [-0.39, 0.29) is 10.7 Å². The average Bonchev–Trinajstić information content (AvgIpc) is 3.43. The lowest BCUT2D eigenvalue weighted by molar-refractivity contribution is 0.602. The third-order valence-electron chi connectivity index (χ3n) is 4.52. The molecule has 1 fully saturated rings. The Balaban J connectivity index is 1.82. The molecule has 1 heterocycles. The lowest BCUT2D eigenvalue weighted by Crippen LogP contribution is -2.26. The highest BCUT2D eigenvalue weighted by Crippen LogP contribution is 2.35. The lowest BCUT2D eigenvalue weighted by Gasteiger charge is -2.25. The van der Waals surface area contributed by atoms with E-state index >= 15 is 0 Å². The number of hydrogen-bond donors (Lipinski definition) is 0. The molecule has 5 nitrogen and oxygen atoms in total. The van der Waals surface area contributed by atoms with Crippen LogP contribution in [-0.4, -0.2) is 30.7 Å². The standard InChI is InChI=1S/C19H18FN3O2S/c1-26(24,25)16-7-8-18-17(10-16)19(22-12-21-18)23(15-5-6-15)11-13-3-2-4-14(20)9-13/h2-4,7-10,12,15H,5-6,11H2,1H3. The number of rotatable bonds is 5. The molecule has 0 N–H and O–H groups in total. The first kappa shape index (κ1) is 16.9. The highest BCUT2D eigenvalue weighted by Gasteiger charge is 2.31. The van der Waals surface area contributed by atoms with Crippen molar-refractivity contribution in [3.05, 3.63) is 60.2 Å². The molecular formula is C19H18FN3O2S. The minimum atomic E-state index is -3.33. The van der Waals surface area contributed by atoms with Crippen LogP contribution in [0.1, 0.15) is 18.4 Å². The summed E-state index contributed by atoms with van der Waals surface area (Å²) in [7, 11) is -3.33. The normalized spacial score (nSPS) is 14.5. The highest BCUT2D eigenvalue weighted by atomic mass is 32.2. The second-order valence-corrected chi connectivity index (χ2v) is 8.65. The molecule has 0 amide bonds. The number of benzene rings is 2. The molecule has 0 unspecified atom stereocenters. The van der Waals surface area contributed by atoms with Crippen LogP contribution in [0.5, 0.6) is 0 Å². The number of fused-ring (bicyclic) bond motifs is 1. The molecule has 0 atom stereocenters. The van der Waals surface area contributed by atoms with Crippen molar-refractivity contribution < 1.29 is 12.8 Å². The zero-order chi connectivity index (χ0) is 18.3. The van der Waals surface area contributed by atoms with E-state index in [0.29, 0.717) is 29.3 Å². The monoisotopic (exact) mass is 371 g/mol. The summed E-state index contributed by atoms with van der Waals surface area (Å²) in [6, 6.07) is 11.7. The van der Waals surface area contributed by atoms with Gasteiger partial charge in [-0.25, -0.2) is 22.8 Å². The van der Waals surface area contributed by atoms with Crippen LogP contribution >= 0.6 is 0 Å². The SMILES string of the molecule is CS(=O)(=O)c1ccc2ncnc(N(Cc3cccc(F)c3)C3CC3)c2c1. The molecule has 1 aliphatic carbocycles. The van der Waals surface area contributed by atoms with Crippen molar-refractivity contribution in [3.63, 3.8) is 0 Å². The predicted molar refractivity (Wildman–Crippen MR) is 98.3 cm³/mol. The Kier molecular flexibility index (Phi) is 4.11. The molecule has 1 aromatic heterocycles. The molecular weight excluding hydrogens is 353 g/mol. The van der Waals surface area contributed by atoms with E-state index in [4.69, 9.17) is 0 Å². The van der Waals surface area contributed by atoms with Crippen molar-refractivity contribution >= 4 is 26.6 Å². The molecule has 4 rings (SSSR count). The molecule has 7 heteroatoms. The minimum Gasteiger partial charge on any atom is -0.349 e. The Morgan fingerprint density at radius 3 is 2.65 bits per heavy atom. The summed E-state index contributed by atoms with van der Waals surface area (Å²) in [4.78, 5) is 11.0. The van der Waals surface area contributed by atoms with E-state index in [1.165, 1.54) is 24.7 Å². The van der Waals surface area contributed by atoms with Crippen LogP contribution in [0.2, 0.25) is 0 Å². The van der Waals surface area contributed by atoms with E-state index in [0.717, 1.165) is 18.4 Å². The van der Waals surface area contributed by atoms with Crippen LogP contribution in [0.3, 0.4) is 0 Å². The molecule has 0 saturated heterocycles. The molecule has 0 spiro atoms. The molecule has 1 aliphatic rings. The van der Waals surface area contributed by atoms with Crippen molar-refractivity contribution in [3.8, 4) is 0 Å². The predicted octanol–water partition coefficient (Wildman–Crippen LogP) is 3.34. The van der Waals surface area contributed by atoms with E-state index in [1.54, 1.807) is 24.3 Å². The van der Waals surface area contributed by atoms with E-state index in [1.807, 2.05) is 6.07 Å². The summed E-state index contributed by atoms with van der Waals surface area (Å²) in [5, 5.41) is 0.693. The second kappa shape index (κ2) is 6.32. The van der Waals surface area contributed by atoms with Crippen LogP contribution in [0.4, 0.5) is 10.2 Å². The maximum atomic E-state index is 13.6. The maximum absolute atomic E-state index is 13.6. The van der Waals surface area contributed by atoms with Gasteiger partial charge in [-0.05, 0) is 48.7 Å². The molecule has 26 heavy (non-hydrogen) atoms. The van der Waals surface area contributed by atoms with Crippen LogP contribution < -0.4 is 4.90 Å². The fourth-order valence-corrected chi connectivity index (χ4v) is 3.72. The van der Waals surface area contributed by atoms with Gasteiger partial charge < -0.3 is 4.90 Å². The maximum Gasteiger partial charge on any atom is 0.175 e. The number of anilines is 1. The first-order chi connectivity index (χ1) is 12.4. The van der Waals surface area contributed by atoms with Crippen molar-refractivity contribution in [1.29, 1.82) is 0 Å². The smallest absolute Gasteiger partial charge is 0.175 e. The molecule has 0 aliphatic heterocycles. The number of halogens is 1. The summed E-state index contributed by atoms with van der Waals surface area (Å²) >= 11 is 0. The summed E-state index contributed by atoms with van der Waals surface area (Å²) in [5.74, 6) is 0.414. The van der Waals surface area contributed by atoms with Gasteiger partial charge in [0.1, 0.15) is 18.0 Å². The zero-order valence-electron chi connectivity index (χ0n) is 14.3. The molecule has 1 saturated carbocycles. The van der Waals surface area contributed by atoms with Gasteiger partial charge >= 0.3 is 0 Å². The molecule has 134 valence electrons. The van der Waals surface area contributed by atoms with Crippen LogP contribution in [-0.2, 0) is 16.4 Å². The average molecular weight is 371 g/mol. The van der Waals surface area contributed by atoms with E-state index < -0.39 is 9.84 Å². The summed E-state index contributed by atoms with van der Waals surface area (Å²) in [6.07, 6.45) is 4.74. The van der Waals surface area contributed by atoms with Crippen molar-refractivity contribution in [2.45, 2.75) is 30.3 Å². The number of sulfone groups is 1. The topological polar surface area (TPSA) is 63.2 Å². The van der Waals surface area contributed by atoms with Gasteiger partial charge in [0.05, 0.1) is 10.4 Å². The fraction of sp³-hybridized carbons (Fsp3) is 0.263. The molecule has 0 radical (unpaired) electrons. The number of hydrogen-bond acceptors (Lipinski definition) is 5. The van der Waals surface area contributed by atoms with Crippen molar-refractivity contribution in [2.24, 2.45) is 0 Å².